The quantitative estimate of drug-likeness (QED) is 0.0327. The van der Waals surface area contributed by atoms with E-state index in [-0.39, 0.29) is 43.9 Å². The highest BCUT2D eigenvalue weighted by Crippen LogP contribution is 2.18. The molecule has 12 heteroatoms. The molecule has 3 amide bonds. The summed E-state index contributed by atoms with van der Waals surface area (Å²) < 4.78 is 0. The number of hydrogen-bond acceptors (Lipinski definition) is 9. The van der Waals surface area contributed by atoms with E-state index in [1.54, 1.807) is 0 Å². The van der Waals surface area contributed by atoms with Gasteiger partial charge in [0.15, 0.2) is 0 Å². The van der Waals surface area contributed by atoms with Gasteiger partial charge in [0.1, 0.15) is 0 Å². The van der Waals surface area contributed by atoms with Gasteiger partial charge in [-0.05, 0) is 71.1 Å². The second kappa shape index (κ2) is 79.9. The lowest BCUT2D eigenvalue weighted by molar-refractivity contribution is -0.126. The van der Waals surface area contributed by atoms with Crippen LogP contribution in [-0.4, -0.2) is 146 Å². The molecule has 578 valence electrons. The van der Waals surface area contributed by atoms with Crippen LogP contribution in [0.25, 0.3) is 0 Å². The molecule has 0 aliphatic heterocycles. The van der Waals surface area contributed by atoms with Gasteiger partial charge in [-0.15, -0.1) is 0 Å². The van der Waals surface area contributed by atoms with E-state index in [0.717, 1.165) is 96.9 Å². The largest absolute Gasteiger partial charge is 0.390 e. The SMILES string of the molecule is CCCCCCCCCCCCCCNC(=O)CNCC(O)CN(CCCCCCCCCCCCCC)CCCCN(CCCCCCCCCCCCCC)CC(O)CN(CC(=O)NCCCCCCCCCCCCC)CC(=O)NCCCCCCCCCCCCCC. The second-order valence-electron chi connectivity index (χ2n) is 30.6. The van der Waals surface area contributed by atoms with Gasteiger partial charge in [0.05, 0.1) is 31.8 Å². The van der Waals surface area contributed by atoms with Crippen molar-refractivity contribution < 1.29 is 24.6 Å². The van der Waals surface area contributed by atoms with E-state index < -0.39 is 12.2 Å². The molecule has 2 unspecified atom stereocenters. The summed E-state index contributed by atoms with van der Waals surface area (Å²) in [5, 5.41) is 36.1. The first-order valence-corrected chi connectivity index (χ1v) is 43.7. The molecule has 0 bridgehead atoms. The van der Waals surface area contributed by atoms with Crippen molar-refractivity contribution in [3.63, 3.8) is 0 Å². The van der Waals surface area contributed by atoms with Crippen LogP contribution >= 0.6 is 0 Å². The first kappa shape index (κ1) is 95.2. The van der Waals surface area contributed by atoms with E-state index in [4.69, 9.17) is 0 Å². The highest BCUT2D eigenvalue weighted by Gasteiger charge is 2.21. The zero-order valence-electron chi connectivity index (χ0n) is 66.1. The van der Waals surface area contributed by atoms with Crippen LogP contribution in [0.15, 0.2) is 0 Å². The van der Waals surface area contributed by atoms with Crippen molar-refractivity contribution in [3.05, 3.63) is 0 Å². The first-order chi connectivity index (χ1) is 47.7. The maximum Gasteiger partial charge on any atom is 0.234 e. The molecule has 0 heterocycles. The van der Waals surface area contributed by atoms with E-state index in [1.165, 1.54) is 327 Å². The Morgan fingerprint density at radius 3 is 0.701 bits per heavy atom. The van der Waals surface area contributed by atoms with Crippen molar-refractivity contribution in [2.24, 2.45) is 0 Å². The van der Waals surface area contributed by atoms with Gasteiger partial charge in [-0.25, -0.2) is 0 Å². The van der Waals surface area contributed by atoms with Crippen molar-refractivity contribution in [2.75, 3.05) is 91.6 Å². The number of aliphatic hydroxyl groups excluding tert-OH is 2. The molecule has 0 rings (SSSR count). The van der Waals surface area contributed by atoms with Gasteiger partial charge in [0.2, 0.25) is 17.7 Å². The van der Waals surface area contributed by atoms with E-state index in [1.807, 2.05) is 4.90 Å². The molecule has 0 aromatic rings. The molecular formula is C85H173N7O5. The standard InChI is InChI=1S/C85H173N7O5/c1-6-11-16-21-26-31-36-41-46-50-55-60-67-87-83(95)75-86-74-81(93)76-90(70-63-58-53-48-43-38-33-28-23-18-13-8-3)72-65-66-73-91(71-64-59-54-49-44-39-34-29-24-19-14-9-4)77-82(94)78-92(79-84(96)88-68-61-56-51-45-40-35-30-25-20-15-10-5)80-85(97)89-69-62-57-52-47-42-37-32-27-22-17-12-7-2/h81-82,86,93-94H,6-80H2,1-5H3,(H,87,95)(H,88,96)(H,89,97). The van der Waals surface area contributed by atoms with Crippen LogP contribution in [0.5, 0.6) is 0 Å². The lowest BCUT2D eigenvalue weighted by Crippen LogP contribution is -2.48. The van der Waals surface area contributed by atoms with Crippen LogP contribution in [0.4, 0.5) is 0 Å². The lowest BCUT2D eigenvalue weighted by atomic mass is 10.1. The highest BCUT2D eigenvalue weighted by molar-refractivity contribution is 5.81. The number of nitrogens with zero attached hydrogens (tertiary/aromatic N) is 3. The maximum atomic E-state index is 13.6. The van der Waals surface area contributed by atoms with Gasteiger partial charge in [0.25, 0.3) is 0 Å². The van der Waals surface area contributed by atoms with Gasteiger partial charge in [-0.1, -0.05) is 381 Å². The average Bonchev–Trinajstić information content (AvgIpc) is 2.53. The van der Waals surface area contributed by atoms with Gasteiger partial charge in [-0.2, -0.15) is 0 Å². The van der Waals surface area contributed by atoms with E-state index in [2.05, 4.69) is 65.7 Å². The summed E-state index contributed by atoms with van der Waals surface area (Å²) in [4.78, 5) is 46.8. The molecule has 0 radical (unpaired) electrons. The molecule has 6 N–H and O–H groups in total. The number of carbonyl (C=O) groups is 3. The number of rotatable bonds is 83. The van der Waals surface area contributed by atoms with Crippen LogP contribution in [0.3, 0.4) is 0 Å². The lowest BCUT2D eigenvalue weighted by Gasteiger charge is -2.29. The zero-order valence-corrected chi connectivity index (χ0v) is 66.1. The van der Waals surface area contributed by atoms with Gasteiger partial charge >= 0.3 is 0 Å². The summed E-state index contributed by atoms with van der Waals surface area (Å²) in [6, 6.07) is 0. The van der Waals surface area contributed by atoms with E-state index >= 15 is 0 Å². The molecule has 0 fully saturated rings. The fourth-order valence-electron chi connectivity index (χ4n) is 14.2. The number of amides is 3. The smallest absolute Gasteiger partial charge is 0.234 e. The molecule has 0 aliphatic rings. The van der Waals surface area contributed by atoms with Gasteiger partial charge in [0, 0.05) is 45.8 Å². The van der Waals surface area contributed by atoms with Gasteiger partial charge in [-0.3, -0.25) is 19.3 Å². The normalized spacial score (nSPS) is 12.4. The number of aliphatic hydroxyl groups is 2. The van der Waals surface area contributed by atoms with Crippen molar-refractivity contribution in [1.82, 2.24) is 36.0 Å². The fourth-order valence-corrected chi connectivity index (χ4v) is 14.2. The number of unbranched alkanes of at least 4 members (excludes halogenated alkanes) is 55. The van der Waals surface area contributed by atoms with Crippen LogP contribution in [0.1, 0.15) is 426 Å². The molecule has 0 aromatic heterocycles. The van der Waals surface area contributed by atoms with Crippen LogP contribution in [0.2, 0.25) is 0 Å². The fraction of sp³-hybridized carbons (Fsp3) is 0.965. The molecule has 97 heavy (non-hydrogen) atoms. The predicted octanol–water partition coefficient (Wildman–Crippen LogP) is 21.4. The summed E-state index contributed by atoms with van der Waals surface area (Å²) in [5.41, 5.74) is 0. The van der Waals surface area contributed by atoms with Crippen molar-refractivity contribution in [1.29, 1.82) is 0 Å². The number of hydrogen-bond donors (Lipinski definition) is 6. The Labute approximate surface area is 605 Å². The number of nitrogens with one attached hydrogen (secondary N) is 4. The van der Waals surface area contributed by atoms with E-state index in [9.17, 15) is 24.6 Å². The zero-order chi connectivity index (χ0) is 70.5. The first-order valence-electron chi connectivity index (χ1n) is 43.7. The monoisotopic (exact) mass is 1370 g/mol. The third kappa shape index (κ3) is 75.2. The summed E-state index contributed by atoms with van der Waals surface area (Å²) in [6.07, 6.45) is 77.1. The Hall–Kier alpha value is -1.83. The Morgan fingerprint density at radius 2 is 0.443 bits per heavy atom. The second-order valence-corrected chi connectivity index (χ2v) is 30.6. The highest BCUT2D eigenvalue weighted by atomic mass is 16.3. The molecule has 0 spiro atoms. The van der Waals surface area contributed by atoms with Crippen LogP contribution in [-0.2, 0) is 14.4 Å². The minimum Gasteiger partial charge on any atom is -0.390 e. The number of carbonyl (C=O) groups excluding carboxylic acids is 3. The summed E-state index contributed by atoms with van der Waals surface area (Å²) in [7, 11) is 0. The van der Waals surface area contributed by atoms with E-state index in [0.29, 0.717) is 32.7 Å². The molecule has 12 nitrogen and oxygen atoms in total. The Bertz CT molecular complexity index is 1580. The Kier molecular flexibility index (Phi) is 78.4. The summed E-state index contributed by atoms with van der Waals surface area (Å²) >= 11 is 0. The van der Waals surface area contributed by atoms with Crippen molar-refractivity contribution >= 4 is 17.7 Å². The Balaban J connectivity index is 5.78. The average molecular weight is 1370 g/mol. The molecule has 0 aromatic carbocycles. The Morgan fingerprint density at radius 1 is 0.247 bits per heavy atom. The summed E-state index contributed by atoms with van der Waals surface area (Å²) in [6.45, 7) is 19.3. The minimum atomic E-state index is -0.706. The minimum absolute atomic E-state index is 0.00994. The van der Waals surface area contributed by atoms with Crippen LogP contribution in [0, 0.1) is 0 Å². The summed E-state index contributed by atoms with van der Waals surface area (Å²) in [5.74, 6) is -0.127. The third-order valence-electron chi connectivity index (χ3n) is 20.5. The molecule has 2 atom stereocenters. The molecule has 0 aliphatic carbocycles. The topological polar surface area (TPSA) is 150 Å². The third-order valence-corrected chi connectivity index (χ3v) is 20.5. The van der Waals surface area contributed by atoms with Crippen LogP contribution < -0.4 is 21.3 Å². The molecule has 0 saturated carbocycles. The molecule has 0 saturated heterocycles. The van der Waals surface area contributed by atoms with Crippen molar-refractivity contribution in [2.45, 2.75) is 438 Å². The molecular weight excluding hydrogens is 1200 g/mol. The van der Waals surface area contributed by atoms with Crippen molar-refractivity contribution in [3.8, 4) is 0 Å². The maximum absolute atomic E-state index is 13.6. The van der Waals surface area contributed by atoms with Gasteiger partial charge < -0.3 is 41.3 Å². The predicted molar refractivity (Wildman–Crippen MR) is 423 cm³/mol.